The number of benzene rings is 1. The second-order valence-electron chi connectivity index (χ2n) is 15.9. The Hall–Kier alpha value is -4.75. The molecule has 2 unspecified atom stereocenters. The third-order valence-electron chi connectivity index (χ3n) is 9.94. The smallest absolute Gasteiger partial charge is 0.410 e. The molecule has 1 fully saturated rings. The minimum absolute atomic E-state index is 0.0172. The highest BCUT2D eigenvalue weighted by Crippen LogP contribution is 2.39. The Balaban J connectivity index is 1.21. The van der Waals surface area contributed by atoms with E-state index in [1.165, 1.54) is 0 Å². The summed E-state index contributed by atoms with van der Waals surface area (Å²) in [7, 11) is -2.13. The van der Waals surface area contributed by atoms with Crippen LogP contribution in [-0.4, -0.2) is 80.3 Å². The van der Waals surface area contributed by atoms with Crippen LogP contribution in [-0.2, 0) is 22.1 Å². The third-order valence-corrected chi connectivity index (χ3v) is 14.4. The van der Waals surface area contributed by atoms with Crippen molar-refractivity contribution in [3.63, 3.8) is 0 Å². The number of likely N-dealkylation sites (tertiary alicyclic amines) is 1. The Morgan fingerprint density at radius 3 is 2.50 bits per heavy atom. The van der Waals surface area contributed by atoms with Crippen molar-refractivity contribution in [2.24, 2.45) is 0 Å². The summed E-state index contributed by atoms with van der Waals surface area (Å²) >= 11 is 0. The molecule has 276 valence electrons. The van der Waals surface area contributed by atoms with Gasteiger partial charge in [-0.05, 0) is 82.1 Å². The number of aryl methyl sites for hydroxylation is 1. The van der Waals surface area contributed by atoms with Gasteiger partial charge >= 0.3 is 6.09 Å². The normalized spacial score (nSPS) is 16.8. The van der Waals surface area contributed by atoms with Gasteiger partial charge in [-0.25, -0.2) is 14.8 Å². The molecule has 6 rings (SSSR count). The van der Waals surface area contributed by atoms with Gasteiger partial charge in [0.25, 0.3) is 5.91 Å². The Morgan fingerprint density at radius 2 is 1.77 bits per heavy atom. The van der Waals surface area contributed by atoms with Gasteiger partial charge in [-0.3, -0.25) is 18.8 Å². The summed E-state index contributed by atoms with van der Waals surface area (Å²) in [6.07, 6.45) is 4.25. The fourth-order valence-electron chi connectivity index (χ4n) is 6.28. The van der Waals surface area contributed by atoms with Crippen LogP contribution in [0.1, 0.15) is 76.8 Å². The van der Waals surface area contributed by atoms with Gasteiger partial charge < -0.3 is 19.2 Å². The quantitative estimate of drug-likeness (QED) is 0.145. The number of aromatic nitrogens is 5. The van der Waals surface area contributed by atoms with Crippen molar-refractivity contribution in [2.75, 3.05) is 18.5 Å². The Morgan fingerprint density at radius 1 is 1.00 bits per heavy atom. The Labute approximate surface area is 306 Å². The van der Waals surface area contributed by atoms with E-state index in [1.54, 1.807) is 15.5 Å². The van der Waals surface area contributed by atoms with E-state index in [0.29, 0.717) is 48.8 Å². The summed E-state index contributed by atoms with van der Waals surface area (Å²) < 4.78 is 22.7. The first kappa shape index (κ1) is 37.0. The predicted molar refractivity (Wildman–Crippen MR) is 205 cm³/mol. The molecule has 2 amide bonds. The van der Waals surface area contributed by atoms with Gasteiger partial charge in [0, 0.05) is 24.2 Å². The minimum atomic E-state index is -2.13. The Kier molecular flexibility index (Phi) is 10.2. The number of hydrogen-bond donors (Lipinski definition) is 1. The molecule has 13 heteroatoms. The lowest BCUT2D eigenvalue weighted by Gasteiger charge is -2.40. The number of nitrogens with zero attached hydrogens (tertiary/aromatic N) is 6. The van der Waals surface area contributed by atoms with Crippen molar-refractivity contribution in [3.8, 4) is 5.88 Å². The molecule has 52 heavy (non-hydrogen) atoms. The summed E-state index contributed by atoms with van der Waals surface area (Å²) in [5.74, 6) is 0.199. The van der Waals surface area contributed by atoms with Crippen LogP contribution in [0.3, 0.4) is 0 Å². The van der Waals surface area contributed by atoms with Crippen LogP contribution in [0.2, 0.25) is 18.1 Å². The highest BCUT2D eigenvalue weighted by Gasteiger charge is 2.46. The number of carbonyl (C=O) groups is 2. The number of fused-ring (bicyclic) bond motifs is 2. The highest BCUT2D eigenvalue weighted by atomic mass is 28.4. The van der Waals surface area contributed by atoms with Crippen molar-refractivity contribution in [2.45, 2.75) is 104 Å². The number of carbonyl (C=O) groups excluding carboxylic acids is 2. The molecule has 1 saturated heterocycles. The molecule has 0 aliphatic carbocycles. The SMILES string of the molecule is CCc1nn(Cc2cccc(OCC3C(O[Si](C)(C)C(C)(C)C)CCN3C(=O)OC(C)(C)C)n2)c2cccc(NC(=O)c3cnc4ccccn34)c12. The van der Waals surface area contributed by atoms with Gasteiger partial charge in [0.05, 0.1) is 47.5 Å². The van der Waals surface area contributed by atoms with Gasteiger partial charge in [-0.2, -0.15) is 5.10 Å². The summed E-state index contributed by atoms with van der Waals surface area (Å²) in [4.78, 5) is 37.7. The van der Waals surface area contributed by atoms with Gasteiger partial charge in [-0.15, -0.1) is 0 Å². The molecule has 5 heterocycles. The predicted octanol–water partition coefficient (Wildman–Crippen LogP) is 7.72. The number of hydrogen-bond acceptors (Lipinski definition) is 8. The highest BCUT2D eigenvalue weighted by molar-refractivity contribution is 6.74. The monoisotopic (exact) mass is 725 g/mol. The number of imidazole rings is 1. The van der Waals surface area contributed by atoms with Crippen molar-refractivity contribution >= 4 is 42.6 Å². The molecular formula is C39H51N7O5Si. The second-order valence-corrected chi connectivity index (χ2v) is 20.7. The molecule has 0 saturated carbocycles. The maximum atomic E-state index is 13.4. The number of anilines is 1. The van der Waals surface area contributed by atoms with E-state index in [1.807, 2.05) is 93.2 Å². The van der Waals surface area contributed by atoms with E-state index in [9.17, 15) is 9.59 Å². The molecule has 12 nitrogen and oxygen atoms in total. The van der Waals surface area contributed by atoms with E-state index in [2.05, 4.69) is 44.2 Å². The van der Waals surface area contributed by atoms with Crippen LogP contribution < -0.4 is 10.1 Å². The van der Waals surface area contributed by atoms with Crippen molar-refractivity contribution in [3.05, 3.63) is 84.1 Å². The molecule has 1 N–H and O–H groups in total. The number of amides is 2. The molecule has 4 aromatic heterocycles. The molecule has 1 aromatic carbocycles. The zero-order valence-corrected chi connectivity index (χ0v) is 32.8. The van der Waals surface area contributed by atoms with Crippen LogP contribution >= 0.6 is 0 Å². The number of rotatable bonds is 10. The lowest BCUT2D eigenvalue weighted by molar-refractivity contribution is 0.00953. The van der Waals surface area contributed by atoms with Crippen LogP contribution in [0.25, 0.3) is 16.6 Å². The molecular weight excluding hydrogens is 675 g/mol. The second kappa shape index (κ2) is 14.3. The van der Waals surface area contributed by atoms with Crippen LogP contribution in [0.15, 0.2) is 67.0 Å². The van der Waals surface area contributed by atoms with E-state index in [-0.39, 0.29) is 35.8 Å². The van der Waals surface area contributed by atoms with Gasteiger partial charge in [0.15, 0.2) is 8.32 Å². The molecule has 2 atom stereocenters. The van der Waals surface area contributed by atoms with Gasteiger partial charge in [0.2, 0.25) is 5.88 Å². The van der Waals surface area contributed by atoms with Crippen molar-refractivity contribution in [1.29, 1.82) is 0 Å². The summed E-state index contributed by atoms with van der Waals surface area (Å²) in [5, 5.41) is 8.94. The molecule has 0 spiro atoms. The zero-order valence-electron chi connectivity index (χ0n) is 31.8. The van der Waals surface area contributed by atoms with Crippen LogP contribution in [0, 0.1) is 0 Å². The molecule has 1 aliphatic heterocycles. The summed E-state index contributed by atoms with van der Waals surface area (Å²) in [6.45, 7) is 19.9. The maximum absolute atomic E-state index is 13.4. The first-order chi connectivity index (χ1) is 24.5. The van der Waals surface area contributed by atoms with E-state index >= 15 is 0 Å². The maximum Gasteiger partial charge on any atom is 0.410 e. The average Bonchev–Trinajstić information content (AvgIpc) is 3.78. The first-order valence-corrected chi connectivity index (χ1v) is 20.9. The standard InChI is InChI=1S/C39H51N7O5Si/c1-10-27-35-28(42-36(47)30-23-40-33-18-11-12-21-44(30)33)16-14-17-29(35)46(43-27)24-26-15-13-19-34(41-26)49-25-31-32(51-52(8,9)39(5,6)7)20-22-45(31)37(48)50-38(2,3)4/h11-19,21,23,31-32H,10,20,22,24-25H2,1-9H3,(H,42,47). The zero-order chi connectivity index (χ0) is 37.4. The van der Waals surface area contributed by atoms with Gasteiger partial charge in [-0.1, -0.05) is 45.9 Å². The number of pyridine rings is 2. The van der Waals surface area contributed by atoms with Crippen molar-refractivity contribution < 1.29 is 23.5 Å². The molecule has 0 bridgehead atoms. The van der Waals surface area contributed by atoms with E-state index < -0.39 is 13.9 Å². The topological polar surface area (TPSA) is 125 Å². The fourth-order valence-corrected chi connectivity index (χ4v) is 7.67. The van der Waals surface area contributed by atoms with Gasteiger partial charge in [0.1, 0.15) is 23.5 Å². The average molecular weight is 726 g/mol. The number of nitrogens with one attached hydrogen (secondary N) is 1. The Bertz CT molecular complexity index is 2080. The van der Waals surface area contributed by atoms with E-state index in [4.69, 9.17) is 24.0 Å². The third kappa shape index (κ3) is 7.85. The van der Waals surface area contributed by atoms with Crippen LogP contribution in [0.4, 0.5) is 10.5 Å². The largest absolute Gasteiger partial charge is 0.475 e. The van der Waals surface area contributed by atoms with Crippen LogP contribution in [0.5, 0.6) is 5.88 Å². The minimum Gasteiger partial charge on any atom is -0.475 e. The summed E-state index contributed by atoms with van der Waals surface area (Å²) in [6, 6.07) is 16.8. The fraction of sp³-hybridized carbons (Fsp3) is 0.462. The molecule has 5 aromatic rings. The molecule has 0 radical (unpaired) electrons. The van der Waals surface area contributed by atoms with Crippen molar-refractivity contribution in [1.82, 2.24) is 29.0 Å². The lowest BCUT2D eigenvalue weighted by Crippen LogP contribution is -2.51. The lowest BCUT2D eigenvalue weighted by atomic mass is 10.1. The molecule has 1 aliphatic rings. The number of ether oxygens (including phenoxy) is 2. The van der Waals surface area contributed by atoms with E-state index in [0.717, 1.165) is 22.3 Å². The summed E-state index contributed by atoms with van der Waals surface area (Å²) in [5.41, 5.74) is 3.72. The first-order valence-electron chi connectivity index (χ1n) is 18.0.